The van der Waals surface area contributed by atoms with Gasteiger partial charge in [-0.2, -0.15) is 0 Å². The summed E-state index contributed by atoms with van der Waals surface area (Å²) in [5, 5.41) is 10.8. The second kappa shape index (κ2) is 7.99. The van der Waals surface area contributed by atoms with E-state index in [1.807, 2.05) is 42.6 Å². The van der Waals surface area contributed by atoms with Crippen molar-refractivity contribution in [3.05, 3.63) is 71.7 Å². The van der Waals surface area contributed by atoms with Gasteiger partial charge in [0.05, 0.1) is 11.7 Å². The molecule has 5 rings (SSSR count). The van der Waals surface area contributed by atoms with Crippen molar-refractivity contribution >= 4 is 11.6 Å². The van der Waals surface area contributed by atoms with Gasteiger partial charge in [-0.3, -0.25) is 9.78 Å². The largest absolute Gasteiger partial charge is 0.383 e. The second-order valence-corrected chi connectivity index (χ2v) is 8.40. The van der Waals surface area contributed by atoms with E-state index in [1.54, 1.807) is 0 Å². The molecule has 5 heteroatoms. The van der Waals surface area contributed by atoms with Gasteiger partial charge in [-0.15, -0.1) is 0 Å². The molecule has 4 atom stereocenters. The third-order valence-electron chi connectivity index (χ3n) is 6.62. The molecule has 150 valence electrons. The molecule has 2 fully saturated rings. The highest BCUT2D eigenvalue weighted by atomic mass is 16.1. The molecule has 29 heavy (non-hydrogen) atoms. The van der Waals surface area contributed by atoms with Gasteiger partial charge in [0.25, 0.3) is 5.91 Å². The number of pyridine rings is 1. The SMILES string of the molecule is O=C(Nc1ccccc1)C1=C2N[C@H]3CCCC[C@@H]3N[C@@H](c3ccccn3)[C@H]2CC1. The summed E-state index contributed by atoms with van der Waals surface area (Å²) >= 11 is 0. The topological polar surface area (TPSA) is 66.1 Å². The molecule has 1 aliphatic heterocycles. The van der Waals surface area contributed by atoms with Crippen LogP contribution in [0.5, 0.6) is 0 Å². The van der Waals surface area contributed by atoms with Gasteiger partial charge < -0.3 is 16.0 Å². The van der Waals surface area contributed by atoms with Gasteiger partial charge in [-0.1, -0.05) is 37.1 Å². The molecule has 1 amide bonds. The van der Waals surface area contributed by atoms with Gasteiger partial charge in [0.1, 0.15) is 0 Å². The van der Waals surface area contributed by atoms with Gasteiger partial charge in [0, 0.05) is 41.2 Å². The molecule has 0 spiro atoms. The van der Waals surface area contributed by atoms with Gasteiger partial charge in [0.15, 0.2) is 0 Å². The Labute approximate surface area is 172 Å². The van der Waals surface area contributed by atoms with Crippen molar-refractivity contribution in [2.45, 2.75) is 56.7 Å². The minimum absolute atomic E-state index is 0.0234. The van der Waals surface area contributed by atoms with Crippen LogP contribution in [0.3, 0.4) is 0 Å². The van der Waals surface area contributed by atoms with Crippen molar-refractivity contribution in [1.29, 1.82) is 0 Å². The first kappa shape index (κ1) is 18.4. The van der Waals surface area contributed by atoms with Crippen LogP contribution in [0, 0.1) is 5.92 Å². The third kappa shape index (κ3) is 3.67. The summed E-state index contributed by atoms with van der Waals surface area (Å²) in [5.41, 5.74) is 3.97. The van der Waals surface area contributed by atoms with Crippen molar-refractivity contribution in [3.8, 4) is 0 Å². The van der Waals surface area contributed by atoms with Gasteiger partial charge in [0.2, 0.25) is 0 Å². The lowest BCUT2D eigenvalue weighted by molar-refractivity contribution is -0.113. The average Bonchev–Trinajstić information content (AvgIpc) is 3.10. The minimum Gasteiger partial charge on any atom is -0.383 e. The normalized spacial score (nSPS) is 28.7. The molecule has 3 aliphatic rings. The Kier molecular flexibility index (Phi) is 5.06. The molecule has 3 N–H and O–H groups in total. The molecule has 0 radical (unpaired) electrons. The third-order valence-corrected chi connectivity index (χ3v) is 6.62. The van der Waals surface area contributed by atoms with Crippen molar-refractivity contribution in [3.63, 3.8) is 0 Å². The van der Waals surface area contributed by atoms with E-state index >= 15 is 0 Å². The fourth-order valence-electron chi connectivity index (χ4n) is 5.20. The molecule has 1 aromatic carbocycles. The number of hydrogen-bond donors (Lipinski definition) is 3. The first-order chi connectivity index (χ1) is 14.3. The zero-order chi connectivity index (χ0) is 19.6. The van der Waals surface area contributed by atoms with E-state index in [0.717, 1.165) is 41.9 Å². The van der Waals surface area contributed by atoms with Crippen LogP contribution in [0.4, 0.5) is 5.69 Å². The lowest BCUT2D eigenvalue weighted by Crippen LogP contribution is -2.47. The minimum atomic E-state index is 0.0234. The van der Waals surface area contributed by atoms with Crippen molar-refractivity contribution in [2.24, 2.45) is 5.92 Å². The number of para-hydroxylation sites is 1. The van der Waals surface area contributed by atoms with E-state index < -0.39 is 0 Å². The number of fused-ring (bicyclic) bond motifs is 2. The van der Waals surface area contributed by atoms with E-state index in [9.17, 15) is 4.79 Å². The van der Waals surface area contributed by atoms with E-state index in [2.05, 4.69) is 33.1 Å². The van der Waals surface area contributed by atoms with E-state index in [1.165, 1.54) is 19.3 Å². The Morgan fingerprint density at radius 1 is 0.966 bits per heavy atom. The standard InChI is InChI=1S/C24H28N4O/c29-24(26-16-8-2-1-3-9-16)18-14-13-17-22(18)27-19-10-4-5-11-20(19)28-23(17)21-12-6-7-15-25-21/h1-3,6-9,12,15,17,19-20,23,27-28H,4-5,10-11,13-14H2,(H,26,29)/t17-,19-,20-,23+/m0/s1. The number of rotatable bonds is 3. The molecule has 0 unspecified atom stereocenters. The first-order valence-corrected chi connectivity index (χ1v) is 10.8. The first-order valence-electron chi connectivity index (χ1n) is 10.8. The Hall–Kier alpha value is -2.66. The average molecular weight is 389 g/mol. The van der Waals surface area contributed by atoms with Crippen LogP contribution in [0.1, 0.15) is 50.3 Å². The van der Waals surface area contributed by atoms with E-state index in [0.29, 0.717) is 12.1 Å². The van der Waals surface area contributed by atoms with Crippen LogP contribution >= 0.6 is 0 Å². The number of aromatic nitrogens is 1. The maximum atomic E-state index is 13.1. The zero-order valence-electron chi connectivity index (χ0n) is 16.6. The van der Waals surface area contributed by atoms with Crippen LogP contribution in [0.15, 0.2) is 66.0 Å². The molecular weight excluding hydrogens is 360 g/mol. The van der Waals surface area contributed by atoms with Crippen molar-refractivity contribution in [2.75, 3.05) is 5.32 Å². The van der Waals surface area contributed by atoms with Gasteiger partial charge >= 0.3 is 0 Å². The van der Waals surface area contributed by atoms with Gasteiger partial charge in [-0.25, -0.2) is 0 Å². The van der Waals surface area contributed by atoms with Crippen LogP contribution < -0.4 is 16.0 Å². The lowest BCUT2D eigenvalue weighted by atomic mass is 9.89. The molecule has 1 saturated heterocycles. The summed E-state index contributed by atoms with van der Waals surface area (Å²) in [6.45, 7) is 0. The smallest absolute Gasteiger partial charge is 0.253 e. The number of carbonyl (C=O) groups is 1. The van der Waals surface area contributed by atoms with Crippen LogP contribution in [-0.2, 0) is 4.79 Å². The number of amides is 1. The molecule has 2 aliphatic carbocycles. The molecule has 1 saturated carbocycles. The maximum Gasteiger partial charge on any atom is 0.253 e. The number of anilines is 1. The summed E-state index contributed by atoms with van der Waals surface area (Å²) < 4.78 is 0. The fourth-order valence-corrected chi connectivity index (χ4v) is 5.20. The summed E-state index contributed by atoms with van der Waals surface area (Å²) in [5.74, 6) is 0.280. The molecule has 2 aromatic rings. The summed E-state index contributed by atoms with van der Waals surface area (Å²) in [4.78, 5) is 17.8. The highest BCUT2D eigenvalue weighted by Gasteiger charge is 2.42. The number of nitrogens with zero attached hydrogens (tertiary/aromatic N) is 1. The number of carbonyl (C=O) groups excluding carboxylic acids is 1. The Morgan fingerprint density at radius 2 is 1.76 bits per heavy atom. The Balaban J connectivity index is 1.49. The second-order valence-electron chi connectivity index (χ2n) is 8.40. The van der Waals surface area contributed by atoms with E-state index in [4.69, 9.17) is 0 Å². The van der Waals surface area contributed by atoms with Gasteiger partial charge in [-0.05, 0) is 49.9 Å². The number of nitrogens with one attached hydrogen (secondary N) is 3. The van der Waals surface area contributed by atoms with Crippen LogP contribution in [0.25, 0.3) is 0 Å². The highest BCUT2D eigenvalue weighted by molar-refractivity contribution is 6.04. The molecule has 0 bridgehead atoms. The predicted octanol–water partition coefficient (Wildman–Crippen LogP) is 3.93. The van der Waals surface area contributed by atoms with Crippen molar-refractivity contribution < 1.29 is 4.79 Å². The quantitative estimate of drug-likeness (QED) is 0.745. The predicted molar refractivity (Wildman–Crippen MR) is 114 cm³/mol. The van der Waals surface area contributed by atoms with Crippen molar-refractivity contribution in [1.82, 2.24) is 15.6 Å². The summed E-state index contributed by atoms with van der Waals surface area (Å²) in [7, 11) is 0. The fraction of sp³-hybridized carbons (Fsp3) is 0.417. The Bertz CT molecular complexity index is 896. The van der Waals surface area contributed by atoms with Crippen LogP contribution in [-0.4, -0.2) is 23.0 Å². The molecule has 2 heterocycles. The highest BCUT2D eigenvalue weighted by Crippen LogP contribution is 2.42. The monoisotopic (exact) mass is 388 g/mol. The number of hydrogen-bond acceptors (Lipinski definition) is 4. The Morgan fingerprint density at radius 3 is 2.55 bits per heavy atom. The molecule has 5 nitrogen and oxygen atoms in total. The summed E-state index contributed by atoms with van der Waals surface area (Å²) in [6, 6.07) is 16.8. The van der Waals surface area contributed by atoms with E-state index in [-0.39, 0.29) is 17.9 Å². The number of benzene rings is 1. The summed E-state index contributed by atoms with van der Waals surface area (Å²) in [6.07, 6.45) is 8.46. The lowest BCUT2D eigenvalue weighted by Gasteiger charge is -2.33. The zero-order valence-corrected chi connectivity index (χ0v) is 16.6. The van der Waals surface area contributed by atoms with Crippen LogP contribution in [0.2, 0.25) is 0 Å². The molecular formula is C24H28N4O. The molecule has 1 aromatic heterocycles. The maximum absolute atomic E-state index is 13.1.